The maximum absolute atomic E-state index is 13.9. The van der Waals surface area contributed by atoms with Gasteiger partial charge >= 0.3 is 0 Å². The third kappa shape index (κ3) is 3.31. The average Bonchev–Trinajstić information content (AvgIpc) is 2.90. The van der Waals surface area contributed by atoms with Crippen molar-refractivity contribution in [3.8, 4) is 5.75 Å². The molecule has 0 bridgehead atoms. The van der Waals surface area contributed by atoms with E-state index in [-0.39, 0.29) is 11.4 Å². The van der Waals surface area contributed by atoms with Gasteiger partial charge in [0.05, 0.1) is 12.2 Å². The van der Waals surface area contributed by atoms with Crippen molar-refractivity contribution in [3.63, 3.8) is 0 Å². The largest absolute Gasteiger partial charge is 0.491 e. The minimum Gasteiger partial charge on any atom is -0.491 e. The van der Waals surface area contributed by atoms with Gasteiger partial charge in [-0.15, -0.1) is 0 Å². The molecule has 1 saturated heterocycles. The number of rotatable bonds is 4. The molecule has 3 nitrogen and oxygen atoms in total. The number of benzene rings is 1. The molecular weight excluding hydrogens is 269 g/mol. The summed E-state index contributed by atoms with van der Waals surface area (Å²) in [7, 11) is 0. The van der Waals surface area contributed by atoms with E-state index in [0.29, 0.717) is 18.4 Å². The third-order valence-corrected chi connectivity index (χ3v) is 4.61. The van der Waals surface area contributed by atoms with Gasteiger partial charge in [0.1, 0.15) is 0 Å². The van der Waals surface area contributed by atoms with Crippen molar-refractivity contribution in [1.82, 2.24) is 0 Å². The van der Waals surface area contributed by atoms with Crippen LogP contribution in [0.5, 0.6) is 5.75 Å². The van der Waals surface area contributed by atoms with E-state index in [1.807, 2.05) is 13.0 Å². The first kappa shape index (κ1) is 14.6. The van der Waals surface area contributed by atoms with Crippen LogP contribution in [0.3, 0.4) is 0 Å². The molecule has 1 aromatic rings. The SMILES string of the molecule is CCOc1ccc(NC2CCOC3(CCCC3)C2)cc1F. The molecule has 0 amide bonds. The van der Waals surface area contributed by atoms with Gasteiger partial charge in [-0.1, -0.05) is 12.8 Å². The van der Waals surface area contributed by atoms with Crippen molar-refractivity contribution in [2.45, 2.75) is 57.1 Å². The van der Waals surface area contributed by atoms with E-state index in [1.54, 1.807) is 6.07 Å². The maximum Gasteiger partial charge on any atom is 0.167 e. The second-order valence-electron chi connectivity index (χ2n) is 6.15. The molecular formula is C17H24FNO2. The van der Waals surface area contributed by atoms with Crippen LogP contribution in [0.25, 0.3) is 0 Å². The second kappa shape index (κ2) is 6.22. The van der Waals surface area contributed by atoms with E-state index in [0.717, 1.165) is 25.1 Å². The van der Waals surface area contributed by atoms with Crippen LogP contribution < -0.4 is 10.1 Å². The van der Waals surface area contributed by atoms with Crippen LogP contribution in [0.2, 0.25) is 0 Å². The summed E-state index contributed by atoms with van der Waals surface area (Å²) >= 11 is 0. The molecule has 3 rings (SSSR count). The maximum atomic E-state index is 13.9. The molecule has 0 aromatic heterocycles. The number of hydrogen-bond donors (Lipinski definition) is 1. The molecule has 1 aromatic carbocycles. The lowest BCUT2D eigenvalue weighted by Crippen LogP contribution is -2.42. The quantitative estimate of drug-likeness (QED) is 0.905. The summed E-state index contributed by atoms with van der Waals surface area (Å²) in [4.78, 5) is 0. The Morgan fingerprint density at radius 2 is 2.19 bits per heavy atom. The van der Waals surface area contributed by atoms with Crippen LogP contribution in [0, 0.1) is 5.82 Å². The van der Waals surface area contributed by atoms with E-state index >= 15 is 0 Å². The van der Waals surface area contributed by atoms with E-state index in [2.05, 4.69) is 5.32 Å². The Labute approximate surface area is 125 Å². The van der Waals surface area contributed by atoms with Crippen molar-refractivity contribution < 1.29 is 13.9 Å². The van der Waals surface area contributed by atoms with Crippen molar-refractivity contribution in [2.24, 2.45) is 0 Å². The molecule has 2 fully saturated rings. The predicted molar refractivity (Wildman–Crippen MR) is 81.4 cm³/mol. The van der Waals surface area contributed by atoms with E-state index in [1.165, 1.54) is 31.7 Å². The Bertz CT molecular complexity index is 486. The third-order valence-electron chi connectivity index (χ3n) is 4.61. The molecule has 1 heterocycles. The number of ether oxygens (including phenoxy) is 2. The molecule has 116 valence electrons. The fourth-order valence-electron chi connectivity index (χ4n) is 3.62. The summed E-state index contributed by atoms with van der Waals surface area (Å²) in [5, 5.41) is 3.47. The summed E-state index contributed by atoms with van der Waals surface area (Å²) in [5.74, 6) is 0.0202. The van der Waals surface area contributed by atoms with Gasteiger partial charge in [0.15, 0.2) is 11.6 Å². The Morgan fingerprint density at radius 3 is 2.90 bits per heavy atom. The molecule has 1 saturated carbocycles. The monoisotopic (exact) mass is 293 g/mol. The van der Waals surface area contributed by atoms with Crippen LogP contribution in [0.4, 0.5) is 10.1 Å². The van der Waals surface area contributed by atoms with Crippen molar-refractivity contribution in [1.29, 1.82) is 0 Å². The highest BCUT2D eigenvalue weighted by Gasteiger charge is 2.39. The molecule has 1 atom stereocenters. The molecule has 4 heteroatoms. The molecule has 1 N–H and O–H groups in total. The van der Waals surface area contributed by atoms with Gasteiger partial charge in [0.2, 0.25) is 0 Å². The highest BCUT2D eigenvalue weighted by atomic mass is 19.1. The lowest BCUT2D eigenvalue weighted by atomic mass is 9.89. The number of hydrogen-bond acceptors (Lipinski definition) is 3. The second-order valence-corrected chi connectivity index (χ2v) is 6.15. The molecule has 1 aliphatic carbocycles. The first-order chi connectivity index (χ1) is 10.2. The number of nitrogens with one attached hydrogen (secondary N) is 1. The topological polar surface area (TPSA) is 30.5 Å². The predicted octanol–water partition coefficient (Wildman–Crippen LogP) is 4.13. The fraction of sp³-hybridized carbons (Fsp3) is 0.647. The smallest absolute Gasteiger partial charge is 0.167 e. The van der Waals surface area contributed by atoms with Crippen LogP contribution >= 0.6 is 0 Å². The van der Waals surface area contributed by atoms with Crippen LogP contribution in [-0.2, 0) is 4.74 Å². The highest BCUT2D eigenvalue weighted by Crippen LogP contribution is 2.40. The van der Waals surface area contributed by atoms with Crippen LogP contribution in [0.1, 0.15) is 45.4 Å². The summed E-state index contributed by atoms with van der Waals surface area (Å²) in [6.45, 7) is 3.14. The Balaban J connectivity index is 1.64. The molecule has 0 radical (unpaired) electrons. The average molecular weight is 293 g/mol. The van der Waals surface area contributed by atoms with E-state index in [9.17, 15) is 4.39 Å². The van der Waals surface area contributed by atoms with Crippen molar-refractivity contribution in [2.75, 3.05) is 18.5 Å². The van der Waals surface area contributed by atoms with Gasteiger partial charge in [-0.3, -0.25) is 0 Å². The van der Waals surface area contributed by atoms with Crippen LogP contribution in [-0.4, -0.2) is 24.9 Å². The van der Waals surface area contributed by atoms with E-state index < -0.39 is 0 Å². The van der Waals surface area contributed by atoms with Crippen molar-refractivity contribution in [3.05, 3.63) is 24.0 Å². The molecule has 1 spiro atoms. The normalized spacial score (nSPS) is 24.2. The molecule has 1 aliphatic heterocycles. The minimum absolute atomic E-state index is 0.0831. The van der Waals surface area contributed by atoms with Gasteiger partial charge in [0.25, 0.3) is 0 Å². The first-order valence-corrected chi connectivity index (χ1v) is 8.04. The number of halogens is 1. The summed E-state index contributed by atoms with van der Waals surface area (Å²) in [5.41, 5.74) is 0.913. The van der Waals surface area contributed by atoms with Crippen molar-refractivity contribution >= 4 is 5.69 Å². The van der Waals surface area contributed by atoms with Gasteiger partial charge in [-0.25, -0.2) is 4.39 Å². The Morgan fingerprint density at radius 1 is 1.38 bits per heavy atom. The van der Waals surface area contributed by atoms with Gasteiger partial charge in [-0.2, -0.15) is 0 Å². The van der Waals surface area contributed by atoms with E-state index in [4.69, 9.17) is 9.47 Å². The highest BCUT2D eigenvalue weighted by molar-refractivity contribution is 5.48. The standard InChI is InChI=1S/C17H24FNO2/c1-2-20-16-6-5-13(11-15(16)18)19-14-7-10-21-17(12-14)8-3-4-9-17/h5-6,11,14,19H,2-4,7-10,12H2,1H3. The van der Waals surface area contributed by atoms with Gasteiger partial charge in [-0.05, 0) is 44.7 Å². The molecule has 2 aliphatic rings. The summed E-state index contributed by atoms with van der Waals surface area (Å²) < 4.78 is 25.2. The molecule has 1 unspecified atom stereocenters. The summed E-state index contributed by atoms with van der Waals surface area (Å²) in [6, 6.07) is 5.49. The minimum atomic E-state index is -0.301. The lowest BCUT2D eigenvalue weighted by Gasteiger charge is -2.39. The molecule has 21 heavy (non-hydrogen) atoms. The van der Waals surface area contributed by atoms with Gasteiger partial charge in [0, 0.05) is 24.4 Å². The first-order valence-electron chi connectivity index (χ1n) is 8.04. The van der Waals surface area contributed by atoms with Crippen LogP contribution in [0.15, 0.2) is 18.2 Å². The lowest BCUT2D eigenvalue weighted by molar-refractivity contribution is -0.0767. The zero-order valence-electron chi connectivity index (χ0n) is 12.7. The Kier molecular flexibility index (Phi) is 4.34. The van der Waals surface area contributed by atoms with Gasteiger partial charge < -0.3 is 14.8 Å². The summed E-state index contributed by atoms with van der Waals surface area (Å²) in [6.07, 6.45) is 6.89. The zero-order valence-corrected chi connectivity index (χ0v) is 12.7. The zero-order chi connectivity index (χ0) is 14.7. The Hall–Kier alpha value is -1.29. The number of anilines is 1. The fourth-order valence-corrected chi connectivity index (χ4v) is 3.62.